The molecule has 0 fully saturated rings. The Kier molecular flexibility index (Phi) is 53.9. The molecule has 12 aromatic rings. The number of nitrogens with zero attached hydrogens (tertiary/aromatic N) is 23. The molecule has 0 aliphatic heterocycles. The van der Waals surface area contributed by atoms with Gasteiger partial charge in [-0.3, -0.25) is 37.8 Å². The van der Waals surface area contributed by atoms with Gasteiger partial charge in [-0.15, -0.1) is 70.8 Å². The van der Waals surface area contributed by atoms with Gasteiger partial charge in [0.2, 0.25) is 58.4 Å². The number of nitriles is 3. The zero-order valence-electron chi connectivity index (χ0n) is 77.3. The van der Waals surface area contributed by atoms with Gasteiger partial charge in [0.15, 0.2) is 23.3 Å². The third-order valence-corrected chi connectivity index (χ3v) is 19.9. The normalized spacial score (nSPS) is 11.2. The van der Waals surface area contributed by atoms with Crippen molar-refractivity contribution in [2.24, 2.45) is 58.1 Å². The summed E-state index contributed by atoms with van der Waals surface area (Å²) in [5, 5.41) is 91.8. The Labute approximate surface area is 915 Å². The second-order valence-electron chi connectivity index (χ2n) is 28.1. The van der Waals surface area contributed by atoms with Crippen molar-refractivity contribution in [1.29, 1.82) is 15.8 Å². The van der Waals surface area contributed by atoms with Crippen molar-refractivity contribution in [2.75, 3.05) is 69.7 Å². The molecule has 12 rings (SSSR count). The van der Waals surface area contributed by atoms with Gasteiger partial charge >= 0.3 is 106 Å². The summed E-state index contributed by atoms with van der Waals surface area (Å²) in [6.45, 7) is 16.3. The molecule has 8 aromatic heterocycles. The first-order valence-corrected chi connectivity index (χ1v) is 46.0. The summed E-state index contributed by atoms with van der Waals surface area (Å²) in [6, 6.07) is 32.1. The molecule has 0 radical (unpaired) electrons. The van der Waals surface area contributed by atoms with E-state index in [1.165, 1.54) is 56.9 Å². The first-order chi connectivity index (χ1) is 64.4. The largest absolute Gasteiger partial charge is 1.00 e. The minimum atomic E-state index is -1.32. The van der Waals surface area contributed by atoms with Gasteiger partial charge in [0.25, 0.3) is 18.2 Å². The number of primary amides is 5. The third kappa shape index (κ3) is 37.3. The molecule has 57 heteroatoms. The second kappa shape index (κ2) is 61.7. The Bertz CT molecular complexity index is 6140. The summed E-state index contributed by atoms with van der Waals surface area (Å²) in [6.07, 6.45) is 16.2. The number of hydrogen-bond acceptors (Lipinski definition) is 41. The van der Waals surface area contributed by atoms with Gasteiger partial charge in [0, 0.05) is 28.5 Å². The number of thioether (sulfide) groups is 2. The van der Waals surface area contributed by atoms with Crippen LogP contribution in [0.5, 0.6) is 11.8 Å². The molecule has 138 heavy (non-hydrogen) atoms. The summed E-state index contributed by atoms with van der Waals surface area (Å²) < 4.78 is 22.9. The Balaban J connectivity index is 0.000000589. The van der Waals surface area contributed by atoms with Crippen molar-refractivity contribution in [3.63, 3.8) is 0 Å². The molecule has 5 amide bonds. The summed E-state index contributed by atoms with van der Waals surface area (Å²) >= 11 is 11.9. The monoisotopic (exact) mass is 2190 g/mol. The van der Waals surface area contributed by atoms with Crippen LogP contribution in [0.1, 0.15) is 103 Å². The number of rotatable bonds is 35. The maximum atomic E-state index is 12.3. The number of halogens is 3. The van der Waals surface area contributed by atoms with Crippen LogP contribution < -0.4 is 189 Å². The number of amides is 5. The van der Waals surface area contributed by atoms with Crippen molar-refractivity contribution in [1.82, 2.24) is 99.8 Å². The SMILES string of the molecule is BrB(Br)Br.C.CC(C)[C@@H](N)C(N)=O.CCS(=O)c1nc(Nc2cccc(-n3nccn3)c2)c(C#N)c(SC)n1.COc1nc(N[C@@H](C(N)=O)C(C)C)nc(Nc2cccc(-n3nccn3)c2)c1C(=O)C#N.COc1nc(N[C@@H](C(N)=O)C(C)C)nc(Nc2cccc(-n3nccn3)c2)c1C(N)=O.CSc1nc(N[C@@H](C(N)=O)C(C)C)nc(Nc2cccc(-n3nccn3)c2)c1C#N.O=CO[O-].[H-].[K+].[K+]. The second-order valence-corrected chi connectivity index (χ2v) is 37.8. The average molecular weight is 2190 g/mol. The molecule has 0 saturated heterocycles. The number of methoxy groups -OCH3 is 2. The molecule has 0 spiro atoms. The van der Waals surface area contributed by atoms with E-state index in [-0.39, 0.29) is 202 Å². The Morgan fingerprint density at radius 3 is 1.04 bits per heavy atom. The summed E-state index contributed by atoms with van der Waals surface area (Å²) in [4.78, 5) is 121. The number of ketones is 1. The van der Waals surface area contributed by atoms with Crippen LogP contribution in [0.4, 0.5) is 63.9 Å². The van der Waals surface area contributed by atoms with Crippen molar-refractivity contribution in [3.8, 4) is 52.7 Å². The predicted molar refractivity (Wildman–Crippen MR) is 522 cm³/mol. The fraction of sp³-hybridized carbons (Fsp3) is 0.284. The number of nitrogens with one attached hydrogen (secondary N) is 7. The van der Waals surface area contributed by atoms with Crippen molar-refractivity contribution < 1.29 is 162 Å². The molecule has 5 atom stereocenters. The van der Waals surface area contributed by atoms with Gasteiger partial charge in [0.05, 0.1) is 103 Å². The fourth-order valence-electron chi connectivity index (χ4n) is 11.0. The molecule has 8 heterocycles. The number of anilines is 11. The quantitative estimate of drug-likeness (QED) is 0.00310. The molecule has 48 nitrogen and oxygen atoms in total. The van der Waals surface area contributed by atoms with Crippen LogP contribution in [0.2, 0.25) is 0 Å². The van der Waals surface area contributed by atoms with E-state index in [4.69, 9.17) is 53.9 Å². The van der Waals surface area contributed by atoms with E-state index in [2.05, 4.69) is 182 Å². The number of ether oxygens (including phenoxy) is 2. The van der Waals surface area contributed by atoms with Gasteiger partial charge < -0.3 is 92.7 Å². The summed E-state index contributed by atoms with van der Waals surface area (Å²) in [5.74, 6) is -2.72. The molecular weight excluding hydrogens is 2090 g/mol. The average Bonchev–Trinajstić information content (AvgIpc) is 1.53. The molecule has 1 unspecified atom stereocenters. The molecule has 19 N–H and O–H groups in total. The number of nitrogens with two attached hydrogens (primary N) is 6. The summed E-state index contributed by atoms with van der Waals surface area (Å²) in [5.41, 5.74) is 37.9. The standard InChI is InChI=1S/C20H21N9O3.C19H23N9O3.C19H21N9OS.C16H15N7OS2.C5H12N2O.CH2O3.CH4.BBr3.2K.H/c1-11(2)16(17(22)31)26-20-27-18(15(14(30)10-21)19(28-20)32-3)25-12-5-4-6-13(9-12)29-23-7-8-24-29;1-10(2)14(16(21)30)25-19-26-17(13(15(20)29)18(27-19)31-3)24-11-5-4-6-12(9-11)28-22-7-8-23-28;1-11(2)15(16(21)29)25-19-26-17(14(10-20)18(27-19)30-3)24-12-5-4-6-13(9-12)28-22-7-8-23-28;1-3-26(24)16-21-14(13(10-17)15(22-16)25-2)20-11-5-4-6-12(9-11)23-18-7-8-19-23;1-3(2)4(6)5(7)8;2-1-4-3;;2-1(3)4;;;/h4-9,11,16H,1-3H3,(H2,22,31)(H2,25,26,27,28);4-10,14H,1-3H3,(H2,20,29)(H2,21,30)(H2,24,25,26,27);4-9,11,15H,1-3H3,(H2,21,29)(H2,24,25,26,27);4-9H,3H2,1-2H3,(H,20,21,22);3-4H,6H2,1-2H3,(H2,7,8);1,3H;1H4;;;;/q;;;;;;;;2*+1;-1/p-1/t16-;14-;15-;;4-;;;;;;/m111.1....../s1. The Morgan fingerprint density at radius 2 is 0.783 bits per heavy atom. The first-order valence-electron chi connectivity index (χ1n) is 39.5. The van der Waals surface area contributed by atoms with Crippen molar-refractivity contribution in [2.45, 2.75) is 109 Å². The number of Topliss-reactive ketones (excluding diaryl/α,β-unsaturated/α-hetero) is 1. The van der Waals surface area contributed by atoms with Crippen LogP contribution in [-0.2, 0) is 39.7 Å². The van der Waals surface area contributed by atoms with Crippen LogP contribution in [-0.4, -0.2) is 206 Å². The zero-order chi connectivity index (χ0) is 99.7. The molecule has 0 saturated carbocycles. The maximum absolute atomic E-state index is 12.3. The van der Waals surface area contributed by atoms with Crippen LogP contribution in [0.25, 0.3) is 22.7 Å². The molecule has 4 aromatic carbocycles. The summed E-state index contributed by atoms with van der Waals surface area (Å²) in [7, 11) is 1.34. The van der Waals surface area contributed by atoms with Gasteiger partial charge in [-0.2, -0.15) is 101 Å². The van der Waals surface area contributed by atoms with E-state index in [0.717, 1.165) is 11.4 Å². The van der Waals surface area contributed by atoms with Crippen LogP contribution in [0, 0.1) is 57.7 Å². The molecule has 0 aliphatic carbocycles. The van der Waals surface area contributed by atoms with E-state index in [1.54, 1.807) is 119 Å². The number of aromatic nitrogens is 20. The first kappa shape index (κ1) is 121. The smallest absolute Gasteiger partial charge is 1.00 e. The molecule has 718 valence electrons. The van der Waals surface area contributed by atoms with E-state index in [9.17, 15) is 48.8 Å². The number of benzene rings is 4. The van der Waals surface area contributed by atoms with Crippen LogP contribution in [0.3, 0.4) is 0 Å². The molecular formula is C81H98BBr3K2N36O12S3. The third-order valence-electron chi connectivity index (χ3n) is 17.4. The van der Waals surface area contributed by atoms with Gasteiger partial charge in [0.1, 0.15) is 68.6 Å². The number of carbonyl (C=O) groups is 7. The van der Waals surface area contributed by atoms with Gasteiger partial charge in [-0.25, -0.2) is 15.0 Å². The van der Waals surface area contributed by atoms with Gasteiger partial charge in [-0.1, -0.05) is 94.0 Å². The Hall–Kier alpha value is -11.5. The van der Waals surface area contributed by atoms with E-state index < -0.39 is 70.3 Å². The minimum Gasteiger partial charge on any atom is -1.00 e. The van der Waals surface area contributed by atoms with Crippen LogP contribution >= 0.6 is 70.8 Å². The Morgan fingerprint density at radius 1 is 0.493 bits per heavy atom. The molecule has 0 aliphatic rings. The molecule has 0 bridgehead atoms. The maximum Gasteiger partial charge on any atom is 1.00 e. The van der Waals surface area contributed by atoms with E-state index in [0.29, 0.717) is 72.7 Å². The van der Waals surface area contributed by atoms with E-state index >= 15 is 0 Å². The van der Waals surface area contributed by atoms with Crippen molar-refractivity contribution in [3.05, 3.63) is 169 Å². The predicted octanol–water partition coefficient (Wildman–Crippen LogP) is 1.91. The number of hydrogen-bond donors (Lipinski definition) is 13. The topological polar surface area (TPSA) is 725 Å². The van der Waals surface area contributed by atoms with Gasteiger partial charge in [-0.05, 0) is 109 Å². The zero-order valence-corrected chi connectivity index (χ0v) is 89.8. The van der Waals surface area contributed by atoms with Crippen molar-refractivity contribution >= 4 is 190 Å². The van der Waals surface area contributed by atoms with Crippen LogP contribution in [0.15, 0.2) is 162 Å². The number of carbonyl (C=O) groups excluding carboxylic acids is 7. The van der Waals surface area contributed by atoms with E-state index in [1.807, 2.05) is 109 Å². The minimum absolute atomic E-state index is 0. The fourth-order valence-corrected chi connectivity index (χ4v) is 12.8.